The zero-order chi connectivity index (χ0) is 8.55. The molecule has 2 aromatic rings. The molecule has 0 saturated carbocycles. The first-order valence-corrected chi connectivity index (χ1v) is 3.75. The van der Waals surface area contributed by atoms with Crippen LogP contribution in [-0.4, -0.2) is 9.97 Å². The molecule has 3 nitrogen and oxygen atoms in total. The Morgan fingerprint density at radius 2 is 1.75 bits per heavy atom. The third-order valence-corrected chi connectivity index (χ3v) is 1.86. The molecule has 0 radical (unpaired) electrons. The van der Waals surface area contributed by atoms with Gasteiger partial charge in [0, 0.05) is 12.4 Å². The maximum absolute atomic E-state index is 5.72. The summed E-state index contributed by atoms with van der Waals surface area (Å²) in [5, 5.41) is 0. The molecule has 0 aliphatic rings. The van der Waals surface area contributed by atoms with Gasteiger partial charge in [-0.15, -0.1) is 0 Å². The van der Waals surface area contributed by atoms with Crippen molar-refractivity contribution in [2.24, 2.45) is 0 Å². The van der Waals surface area contributed by atoms with Crippen LogP contribution in [0.3, 0.4) is 0 Å². The highest BCUT2D eigenvalue weighted by Crippen LogP contribution is 2.18. The van der Waals surface area contributed by atoms with Gasteiger partial charge >= 0.3 is 0 Å². The average Bonchev–Trinajstić information content (AvgIpc) is 2.12. The monoisotopic (exact) mass is 159 g/mol. The van der Waals surface area contributed by atoms with Crippen molar-refractivity contribution in [1.29, 1.82) is 0 Å². The largest absolute Gasteiger partial charge is 0.397 e. The van der Waals surface area contributed by atoms with Gasteiger partial charge in [0.1, 0.15) is 5.52 Å². The number of aryl methyl sites for hydroxylation is 1. The summed E-state index contributed by atoms with van der Waals surface area (Å²) in [6, 6.07) is 3.80. The van der Waals surface area contributed by atoms with Crippen LogP contribution in [0.1, 0.15) is 5.56 Å². The highest BCUT2D eigenvalue weighted by molar-refractivity contribution is 5.88. The molecule has 0 aliphatic carbocycles. The normalized spacial score (nSPS) is 10.4. The molecule has 2 rings (SSSR count). The van der Waals surface area contributed by atoms with Gasteiger partial charge < -0.3 is 5.73 Å². The predicted octanol–water partition coefficient (Wildman–Crippen LogP) is 1.52. The van der Waals surface area contributed by atoms with Gasteiger partial charge in [0.15, 0.2) is 0 Å². The third kappa shape index (κ3) is 0.906. The topological polar surface area (TPSA) is 51.8 Å². The van der Waals surface area contributed by atoms with Crippen molar-refractivity contribution < 1.29 is 0 Å². The van der Waals surface area contributed by atoms with Gasteiger partial charge in [-0.3, -0.25) is 9.97 Å². The van der Waals surface area contributed by atoms with E-state index < -0.39 is 0 Å². The SMILES string of the molecule is Cc1ccc(N)c2nccnc12. The minimum Gasteiger partial charge on any atom is -0.397 e. The van der Waals surface area contributed by atoms with Gasteiger partial charge in [0.05, 0.1) is 11.2 Å². The molecule has 1 heterocycles. The van der Waals surface area contributed by atoms with Crippen molar-refractivity contribution in [1.82, 2.24) is 9.97 Å². The van der Waals surface area contributed by atoms with Crippen LogP contribution in [0.4, 0.5) is 5.69 Å². The second-order valence-corrected chi connectivity index (χ2v) is 2.73. The molecule has 60 valence electrons. The van der Waals surface area contributed by atoms with E-state index in [1.165, 1.54) is 0 Å². The standard InChI is InChI=1S/C9H9N3/c1-6-2-3-7(10)9-8(6)11-4-5-12-9/h2-5H,10H2,1H3. The van der Waals surface area contributed by atoms with E-state index in [0.717, 1.165) is 16.6 Å². The van der Waals surface area contributed by atoms with Crippen LogP contribution in [0.15, 0.2) is 24.5 Å². The first-order chi connectivity index (χ1) is 5.79. The maximum atomic E-state index is 5.72. The van der Waals surface area contributed by atoms with E-state index in [1.807, 2.05) is 19.1 Å². The Morgan fingerprint density at radius 3 is 2.42 bits per heavy atom. The van der Waals surface area contributed by atoms with Gasteiger partial charge in [0.25, 0.3) is 0 Å². The van der Waals surface area contributed by atoms with E-state index in [9.17, 15) is 0 Å². The number of nitrogens with two attached hydrogens (primary N) is 1. The van der Waals surface area contributed by atoms with E-state index in [-0.39, 0.29) is 0 Å². The fraction of sp³-hybridized carbons (Fsp3) is 0.111. The summed E-state index contributed by atoms with van der Waals surface area (Å²) in [6.45, 7) is 2.00. The van der Waals surface area contributed by atoms with Crippen molar-refractivity contribution in [2.45, 2.75) is 6.92 Å². The molecule has 3 heteroatoms. The Labute approximate surface area is 70.3 Å². The van der Waals surface area contributed by atoms with Crippen molar-refractivity contribution in [3.8, 4) is 0 Å². The molecule has 0 bridgehead atoms. The number of benzene rings is 1. The highest BCUT2D eigenvalue weighted by Gasteiger charge is 2.01. The molecule has 0 saturated heterocycles. The molecule has 2 N–H and O–H groups in total. The maximum Gasteiger partial charge on any atom is 0.112 e. The Hall–Kier alpha value is -1.64. The van der Waals surface area contributed by atoms with E-state index >= 15 is 0 Å². The lowest BCUT2D eigenvalue weighted by atomic mass is 10.2. The Morgan fingerprint density at radius 1 is 1.08 bits per heavy atom. The van der Waals surface area contributed by atoms with Gasteiger partial charge in [0.2, 0.25) is 0 Å². The molecule has 0 fully saturated rings. The Bertz CT molecular complexity index is 383. The van der Waals surface area contributed by atoms with Gasteiger partial charge in [-0.2, -0.15) is 0 Å². The van der Waals surface area contributed by atoms with E-state index in [1.54, 1.807) is 12.4 Å². The number of hydrogen-bond acceptors (Lipinski definition) is 3. The summed E-state index contributed by atoms with van der Waals surface area (Å²) < 4.78 is 0. The van der Waals surface area contributed by atoms with Crippen LogP contribution >= 0.6 is 0 Å². The summed E-state index contributed by atoms with van der Waals surface area (Å²) >= 11 is 0. The van der Waals surface area contributed by atoms with E-state index in [0.29, 0.717) is 5.69 Å². The molecule has 1 aromatic heterocycles. The molecule has 0 unspecified atom stereocenters. The lowest BCUT2D eigenvalue weighted by Crippen LogP contribution is -1.92. The van der Waals surface area contributed by atoms with Gasteiger partial charge in [-0.25, -0.2) is 0 Å². The fourth-order valence-corrected chi connectivity index (χ4v) is 1.21. The second-order valence-electron chi connectivity index (χ2n) is 2.73. The van der Waals surface area contributed by atoms with Gasteiger partial charge in [-0.1, -0.05) is 6.07 Å². The van der Waals surface area contributed by atoms with E-state index in [4.69, 9.17) is 5.73 Å². The van der Waals surface area contributed by atoms with Crippen LogP contribution in [0.25, 0.3) is 11.0 Å². The van der Waals surface area contributed by atoms with Crippen molar-refractivity contribution in [3.63, 3.8) is 0 Å². The van der Waals surface area contributed by atoms with Crippen LogP contribution in [-0.2, 0) is 0 Å². The number of nitrogen functional groups attached to an aromatic ring is 1. The number of hydrogen-bond donors (Lipinski definition) is 1. The van der Waals surface area contributed by atoms with E-state index in [2.05, 4.69) is 9.97 Å². The van der Waals surface area contributed by atoms with Crippen LogP contribution in [0.2, 0.25) is 0 Å². The number of rotatable bonds is 0. The van der Waals surface area contributed by atoms with Crippen molar-refractivity contribution in [3.05, 3.63) is 30.1 Å². The zero-order valence-corrected chi connectivity index (χ0v) is 6.78. The Kier molecular flexibility index (Phi) is 1.43. The summed E-state index contributed by atoms with van der Waals surface area (Å²) in [7, 11) is 0. The predicted molar refractivity (Wildman–Crippen MR) is 48.7 cm³/mol. The molecular weight excluding hydrogens is 150 g/mol. The van der Waals surface area contributed by atoms with Crippen LogP contribution < -0.4 is 5.73 Å². The number of anilines is 1. The first kappa shape index (κ1) is 7.03. The number of nitrogens with zero attached hydrogens (tertiary/aromatic N) is 2. The summed E-state index contributed by atoms with van der Waals surface area (Å²) in [5.74, 6) is 0. The number of fused-ring (bicyclic) bond motifs is 1. The molecule has 0 spiro atoms. The van der Waals surface area contributed by atoms with Crippen LogP contribution in [0, 0.1) is 6.92 Å². The lowest BCUT2D eigenvalue weighted by molar-refractivity contribution is 1.27. The van der Waals surface area contributed by atoms with Gasteiger partial charge in [-0.05, 0) is 18.6 Å². The molecule has 0 amide bonds. The molecular formula is C9H9N3. The Balaban J connectivity index is 2.95. The quantitative estimate of drug-likeness (QED) is 0.593. The molecule has 1 aromatic carbocycles. The first-order valence-electron chi connectivity index (χ1n) is 3.75. The zero-order valence-electron chi connectivity index (χ0n) is 6.78. The minimum absolute atomic E-state index is 0.684. The lowest BCUT2D eigenvalue weighted by Gasteiger charge is -2.01. The van der Waals surface area contributed by atoms with Crippen LogP contribution in [0.5, 0.6) is 0 Å². The highest BCUT2D eigenvalue weighted by atomic mass is 14.8. The summed E-state index contributed by atoms with van der Waals surface area (Å²) in [6.07, 6.45) is 3.33. The number of aromatic nitrogens is 2. The smallest absolute Gasteiger partial charge is 0.112 e. The summed E-state index contributed by atoms with van der Waals surface area (Å²) in [4.78, 5) is 8.35. The van der Waals surface area contributed by atoms with Crippen molar-refractivity contribution >= 4 is 16.7 Å². The summed E-state index contributed by atoms with van der Waals surface area (Å²) in [5.41, 5.74) is 9.19. The fourth-order valence-electron chi connectivity index (χ4n) is 1.21. The molecule has 0 atom stereocenters. The molecule has 0 aliphatic heterocycles. The minimum atomic E-state index is 0.684. The van der Waals surface area contributed by atoms with Crippen molar-refractivity contribution in [2.75, 3.05) is 5.73 Å². The average molecular weight is 159 g/mol. The second kappa shape index (κ2) is 2.44. The third-order valence-electron chi connectivity index (χ3n) is 1.86. The molecule has 12 heavy (non-hydrogen) atoms.